The standard InChI is InChI=1S/C29H28F3N7O4S/c1-3-43-27(42)22-20(36-24(25-33-7-8-44-25)37-23(22)17-5-4-6-19(30)15(17)2)12-39-14-29(31,32)18-11-38(13-21(18)39)28-34-9-16(10-35-28)26(40)41/h4-10,18,21,23H,3,11-14H2,1-2H3,(H,36,37)(H,40,41)/t18-,21+,23+/m1/s1. The summed E-state index contributed by atoms with van der Waals surface area (Å²) >= 11 is 1.31. The molecule has 1 aromatic carbocycles. The van der Waals surface area contributed by atoms with Crippen molar-refractivity contribution < 1.29 is 32.6 Å². The van der Waals surface area contributed by atoms with Gasteiger partial charge in [-0.25, -0.2) is 37.7 Å². The van der Waals surface area contributed by atoms with E-state index in [1.54, 1.807) is 41.3 Å². The van der Waals surface area contributed by atoms with Gasteiger partial charge in [-0.3, -0.25) is 9.89 Å². The van der Waals surface area contributed by atoms with E-state index >= 15 is 8.78 Å². The van der Waals surface area contributed by atoms with Crippen LogP contribution in [-0.4, -0.2) is 87.5 Å². The van der Waals surface area contributed by atoms with Crippen LogP contribution in [0.5, 0.6) is 0 Å². The average Bonchev–Trinajstić information content (AvgIpc) is 3.73. The number of fused-ring (bicyclic) bond motifs is 1. The van der Waals surface area contributed by atoms with Crippen LogP contribution in [0.4, 0.5) is 19.1 Å². The van der Waals surface area contributed by atoms with E-state index in [1.165, 1.54) is 23.5 Å². The quantitative estimate of drug-likeness (QED) is 0.358. The number of thiazole rings is 1. The zero-order chi connectivity index (χ0) is 31.2. The lowest BCUT2D eigenvalue weighted by Gasteiger charge is -2.31. The minimum atomic E-state index is -3.06. The minimum absolute atomic E-state index is 0.0330. The SMILES string of the molecule is CCOC(=O)C1=C(CN2CC(F)(F)[C@@H]3CN(c4ncc(C(=O)O)cn4)C[C@@H]32)NC(c2nccs2)=N[C@H]1c1cccc(F)c1C. The van der Waals surface area contributed by atoms with Gasteiger partial charge in [-0.1, -0.05) is 12.1 Å². The number of halogens is 3. The van der Waals surface area contributed by atoms with Crippen molar-refractivity contribution in [2.24, 2.45) is 10.9 Å². The predicted octanol–water partition coefficient (Wildman–Crippen LogP) is 3.44. The van der Waals surface area contributed by atoms with Gasteiger partial charge in [0, 0.05) is 55.3 Å². The highest BCUT2D eigenvalue weighted by atomic mass is 32.1. The predicted molar refractivity (Wildman–Crippen MR) is 154 cm³/mol. The van der Waals surface area contributed by atoms with Gasteiger partial charge in [-0.15, -0.1) is 11.3 Å². The number of carbonyl (C=O) groups excluding carboxylic acids is 1. The minimum Gasteiger partial charge on any atom is -0.478 e. The molecular formula is C29H28F3N7O4S. The molecule has 0 radical (unpaired) electrons. The van der Waals surface area contributed by atoms with E-state index < -0.39 is 48.2 Å². The molecule has 3 atom stereocenters. The molecule has 11 nitrogen and oxygen atoms in total. The Labute approximate surface area is 254 Å². The van der Waals surface area contributed by atoms with Gasteiger partial charge < -0.3 is 20.1 Å². The number of benzene rings is 1. The maximum atomic E-state index is 15.5. The van der Waals surface area contributed by atoms with E-state index in [1.807, 2.05) is 0 Å². The Bertz CT molecular complexity index is 1650. The smallest absolute Gasteiger partial charge is 0.338 e. The molecule has 2 aromatic heterocycles. The molecule has 2 fully saturated rings. The summed E-state index contributed by atoms with van der Waals surface area (Å²) in [6.45, 7) is 2.82. The molecule has 0 unspecified atom stereocenters. The number of aromatic carboxylic acids is 1. The number of hydrogen-bond donors (Lipinski definition) is 2. The number of rotatable bonds is 8. The number of nitrogens with one attached hydrogen (secondary N) is 1. The average molecular weight is 628 g/mol. The summed E-state index contributed by atoms with van der Waals surface area (Å²) in [5.41, 5.74) is 1.06. The number of carbonyl (C=O) groups is 2. The molecule has 44 heavy (non-hydrogen) atoms. The number of anilines is 1. The molecule has 2 N–H and O–H groups in total. The third-order valence-corrected chi connectivity index (χ3v) is 8.88. The van der Waals surface area contributed by atoms with Crippen molar-refractivity contribution >= 4 is 35.1 Å². The number of aromatic nitrogens is 3. The third kappa shape index (κ3) is 5.41. The molecular weight excluding hydrogens is 599 g/mol. The zero-order valence-electron chi connectivity index (χ0n) is 23.7. The number of amidine groups is 1. The van der Waals surface area contributed by atoms with E-state index in [4.69, 9.17) is 14.8 Å². The molecule has 5 heterocycles. The number of esters is 1. The Balaban J connectivity index is 1.37. The first-order chi connectivity index (χ1) is 21.1. The summed E-state index contributed by atoms with van der Waals surface area (Å²) in [5.74, 6) is -5.98. The summed E-state index contributed by atoms with van der Waals surface area (Å²) in [6, 6.07) is 2.92. The molecule has 230 valence electrons. The fourth-order valence-corrected chi connectivity index (χ4v) is 6.56. The van der Waals surface area contributed by atoms with Gasteiger partial charge in [0.05, 0.1) is 30.2 Å². The largest absolute Gasteiger partial charge is 0.478 e. The first-order valence-corrected chi connectivity index (χ1v) is 14.8. The third-order valence-electron chi connectivity index (χ3n) is 8.10. The molecule has 6 rings (SSSR count). The van der Waals surface area contributed by atoms with Crippen molar-refractivity contribution in [3.63, 3.8) is 0 Å². The lowest BCUT2D eigenvalue weighted by molar-refractivity contribution is -0.139. The number of hydrogen-bond acceptors (Lipinski definition) is 11. The molecule has 0 bridgehead atoms. The first-order valence-electron chi connectivity index (χ1n) is 13.9. The highest BCUT2D eigenvalue weighted by Crippen LogP contribution is 2.44. The van der Waals surface area contributed by atoms with Crippen LogP contribution in [0.3, 0.4) is 0 Å². The fourth-order valence-electron chi connectivity index (χ4n) is 5.98. The maximum absolute atomic E-state index is 15.5. The van der Waals surface area contributed by atoms with Gasteiger partial charge in [0.15, 0.2) is 10.8 Å². The molecule has 3 aliphatic rings. The van der Waals surface area contributed by atoms with Crippen LogP contribution in [0.15, 0.2) is 58.4 Å². The molecule has 0 amide bonds. The number of aliphatic imine (C=N–C) groups is 1. The van der Waals surface area contributed by atoms with Crippen molar-refractivity contribution in [2.45, 2.75) is 31.9 Å². The van der Waals surface area contributed by atoms with E-state index in [0.29, 0.717) is 27.7 Å². The molecule has 15 heteroatoms. The first kappa shape index (κ1) is 29.7. The molecule has 0 saturated carbocycles. The van der Waals surface area contributed by atoms with Crippen LogP contribution in [0, 0.1) is 18.7 Å². The van der Waals surface area contributed by atoms with Gasteiger partial charge in [0.25, 0.3) is 5.92 Å². The van der Waals surface area contributed by atoms with Crippen LogP contribution < -0.4 is 10.2 Å². The normalized spacial score (nSPS) is 22.9. The second kappa shape index (κ2) is 11.6. The summed E-state index contributed by atoms with van der Waals surface area (Å²) < 4.78 is 51.1. The second-order valence-corrected chi connectivity index (χ2v) is 11.6. The monoisotopic (exact) mass is 627 g/mol. The van der Waals surface area contributed by atoms with Crippen molar-refractivity contribution in [1.29, 1.82) is 0 Å². The molecule has 3 aliphatic heterocycles. The summed E-state index contributed by atoms with van der Waals surface area (Å²) in [4.78, 5) is 45.2. The number of carboxylic acid groups (broad SMARTS) is 1. The number of carboxylic acids is 1. The lowest BCUT2D eigenvalue weighted by Crippen LogP contribution is -2.43. The van der Waals surface area contributed by atoms with Gasteiger partial charge in [-0.2, -0.15) is 0 Å². The van der Waals surface area contributed by atoms with Gasteiger partial charge in [-0.05, 0) is 31.0 Å². The van der Waals surface area contributed by atoms with Crippen molar-refractivity contribution in [3.05, 3.63) is 81.0 Å². The van der Waals surface area contributed by atoms with Crippen LogP contribution in [0.25, 0.3) is 0 Å². The summed E-state index contributed by atoms with van der Waals surface area (Å²) in [6.07, 6.45) is 3.89. The zero-order valence-corrected chi connectivity index (χ0v) is 24.5. The molecule has 0 aliphatic carbocycles. The number of ether oxygens (including phenoxy) is 1. The Morgan fingerprint density at radius 2 is 1.98 bits per heavy atom. The topological polar surface area (TPSA) is 133 Å². The van der Waals surface area contributed by atoms with Crippen LogP contribution in [0.2, 0.25) is 0 Å². The second-order valence-electron chi connectivity index (χ2n) is 10.7. The molecule has 2 saturated heterocycles. The van der Waals surface area contributed by atoms with Crippen molar-refractivity contribution in [3.8, 4) is 0 Å². The number of alkyl halides is 2. The van der Waals surface area contributed by atoms with E-state index in [0.717, 1.165) is 12.4 Å². The molecule has 0 spiro atoms. The Morgan fingerprint density at radius 1 is 1.20 bits per heavy atom. The van der Waals surface area contributed by atoms with E-state index in [9.17, 15) is 14.0 Å². The van der Waals surface area contributed by atoms with Crippen LogP contribution >= 0.6 is 11.3 Å². The van der Waals surface area contributed by atoms with Crippen LogP contribution in [-0.2, 0) is 9.53 Å². The van der Waals surface area contributed by atoms with Gasteiger partial charge in [0.2, 0.25) is 5.95 Å². The Kier molecular flexibility index (Phi) is 7.84. The van der Waals surface area contributed by atoms with E-state index in [-0.39, 0.29) is 43.3 Å². The lowest BCUT2D eigenvalue weighted by atomic mass is 9.92. The fraction of sp³-hybridized carbons (Fsp3) is 0.379. The molecule has 3 aromatic rings. The maximum Gasteiger partial charge on any atom is 0.338 e. The summed E-state index contributed by atoms with van der Waals surface area (Å²) in [7, 11) is 0. The van der Waals surface area contributed by atoms with Gasteiger partial charge in [0.1, 0.15) is 11.9 Å². The Morgan fingerprint density at radius 3 is 2.66 bits per heavy atom. The highest BCUT2D eigenvalue weighted by molar-refractivity contribution is 7.11. The number of likely N-dealkylation sites (tertiary alicyclic amines) is 1. The van der Waals surface area contributed by atoms with Crippen molar-refractivity contribution in [1.82, 2.24) is 25.2 Å². The number of nitrogens with zero attached hydrogens (tertiary/aromatic N) is 6. The van der Waals surface area contributed by atoms with E-state index in [2.05, 4.69) is 20.3 Å². The van der Waals surface area contributed by atoms with Crippen LogP contribution in [0.1, 0.15) is 39.5 Å². The van der Waals surface area contributed by atoms with Crippen molar-refractivity contribution in [2.75, 3.05) is 37.7 Å². The highest BCUT2D eigenvalue weighted by Gasteiger charge is 2.58. The Hall–Kier alpha value is -4.37. The van der Waals surface area contributed by atoms with Gasteiger partial charge >= 0.3 is 11.9 Å². The summed E-state index contributed by atoms with van der Waals surface area (Å²) in [5, 5.41) is 14.6.